The fourth-order valence-electron chi connectivity index (χ4n) is 2.48. The van der Waals surface area contributed by atoms with E-state index in [1.165, 1.54) is 0 Å². The van der Waals surface area contributed by atoms with Crippen LogP contribution >= 0.6 is 15.9 Å². The van der Waals surface area contributed by atoms with E-state index in [1.807, 2.05) is 63.2 Å². The van der Waals surface area contributed by atoms with Crippen molar-refractivity contribution in [2.45, 2.75) is 39.5 Å². The minimum absolute atomic E-state index is 0.0699. The van der Waals surface area contributed by atoms with Crippen LogP contribution in [-0.4, -0.2) is 24.4 Å². The molecule has 0 aliphatic rings. The molecule has 0 aromatic heterocycles. The molecule has 2 aromatic carbocycles. The molecule has 0 fully saturated rings. The van der Waals surface area contributed by atoms with Crippen molar-refractivity contribution in [1.29, 1.82) is 0 Å². The second-order valence-corrected chi connectivity index (χ2v) is 6.92. The van der Waals surface area contributed by atoms with Gasteiger partial charge in [0.15, 0.2) is 11.5 Å². The Bertz CT molecular complexity index is 661. The molecule has 136 valence electrons. The van der Waals surface area contributed by atoms with Gasteiger partial charge in [-0.3, -0.25) is 0 Å². The fraction of sp³-hybridized carbons (Fsp3) is 0.400. The first-order valence-electron chi connectivity index (χ1n) is 8.56. The fourth-order valence-corrected chi connectivity index (χ4v) is 3.07. The summed E-state index contributed by atoms with van der Waals surface area (Å²) in [6, 6.07) is 13.6. The standard InChI is InChI=1S/C20H26BrNO3/c1-4-24-19-11-15(10-17(21)20(19)25-14(2)3)12-22-13-18(23)16-8-6-5-7-9-16/h5-11,14,18,22-23H,4,12-13H2,1-3H3/t18-/m1/s1. The number of benzene rings is 2. The van der Waals surface area contributed by atoms with Crippen molar-refractivity contribution >= 4 is 15.9 Å². The van der Waals surface area contributed by atoms with Gasteiger partial charge in [0.25, 0.3) is 0 Å². The Morgan fingerprint density at radius 1 is 1.16 bits per heavy atom. The number of hydrogen-bond donors (Lipinski definition) is 2. The molecule has 0 unspecified atom stereocenters. The number of rotatable bonds is 9. The van der Waals surface area contributed by atoms with E-state index in [0.29, 0.717) is 19.7 Å². The van der Waals surface area contributed by atoms with Gasteiger partial charge in [0, 0.05) is 13.1 Å². The molecular formula is C20H26BrNO3. The van der Waals surface area contributed by atoms with Crippen LogP contribution in [0.5, 0.6) is 11.5 Å². The largest absolute Gasteiger partial charge is 0.490 e. The highest BCUT2D eigenvalue weighted by Crippen LogP contribution is 2.37. The van der Waals surface area contributed by atoms with Crippen molar-refractivity contribution in [3.8, 4) is 11.5 Å². The van der Waals surface area contributed by atoms with Crippen LogP contribution < -0.4 is 14.8 Å². The van der Waals surface area contributed by atoms with E-state index in [-0.39, 0.29) is 6.10 Å². The summed E-state index contributed by atoms with van der Waals surface area (Å²) < 4.78 is 12.4. The van der Waals surface area contributed by atoms with E-state index >= 15 is 0 Å². The molecule has 2 N–H and O–H groups in total. The first-order chi connectivity index (χ1) is 12.0. The highest BCUT2D eigenvalue weighted by molar-refractivity contribution is 9.10. The van der Waals surface area contributed by atoms with Gasteiger partial charge in [-0.1, -0.05) is 30.3 Å². The number of aliphatic hydroxyl groups is 1. The zero-order valence-electron chi connectivity index (χ0n) is 15.0. The number of nitrogens with one attached hydrogen (secondary N) is 1. The Morgan fingerprint density at radius 2 is 1.88 bits per heavy atom. The lowest BCUT2D eigenvalue weighted by Gasteiger charge is -2.18. The topological polar surface area (TPSA) is 50.7 Å². The van der Waals surface area contributed by atoms with E-state index in [1.54, 1.807) is 0 Å². The van der Waals surface area contributed by atoms with Crippen LogP contribution in [0, 0.1) is 0 Å². The second-order valence-electron chi connectivity index (χ2n) is 6.06. The molecule has 0 aliphatic heterocycles. The highest BCUT2D eigenvalue weighted by Gasteiger charge is 2.14. The molecule has 0 amide bonds. The smallest absolute Gasteiger partial charge is 0.175 e. The Kier molecular flexibility index (Phi) is 7.75. The Balaban J connectivity index is 2.02. The van der Waals surface area contributed by atoms with Crippen molar-refractivity contribution in [3.63, 3.8) is 0 Å². The Labute approximate surface area is 158 Å². The summed E-state index contributed by atoms with van der Waals surface area (Å²) in [6.45, 7) is 7.62. The monoisotopic (exact) mass is 407 g/mol. The number of aliphatic hydroxyl groups excluding tert-OH is 1. The first-order valence-corrected chi connectivity index (χ1v) is 9.36. The van der Waals surface area contributed by atoms with E-state index < -0.39 is 6.10 Å². The maximum atomic E-state index is 10.2. The second kappa shape index (κ2) is 9.80. The first kappa shape index (κ1) is 19.8. The van der Waals surface area contributed by atoms with Gasteiger partial charge in [0.2, 0.25) is 0 Å². The van der Waals surface area contributed by atoms with E-state index in [0.717, 1.165) is 27.1 Å². The minimum Gasteiger partial charge on any atom is -0.490 e. The molecule has 0 bridgehead atoms. The zero-order valence-corrected chi connectivity index (χ0v) is 16.5. The predicted molar refractivity (Wildman–Crippen MR) is 104 cm³/mol. The van der Waals surface area contributed by atoms with E-state index in [9.17, 15) is 5.11 Å². The van der Waals surface area contributed by atoms with Gasteiger partial charge in [-0.15, -0.1) is 0 Å². The van der Waals surface area contributed by atoms with Crippen molar-refractivity contribution in [1.82, 2.24) is 5.32 Å². The summed E-state index contributed by atoms with van der Waals surface area (Å²) in [5.41, 5.74) is 1.97. The summed E-state index contributed by atoms with van der Waals surface area (Å²) in [7, 11) is 0. The molecule has 0 aliphatic carbocycles. The molecule has 2 rings (SSSR count). The van der Waals surface area contributed by atoms with Crippen LogP contribution in [0.15, 0.2) is 46.9 Å². The van der Waals surface area contributed by atoms with E-state index in [2.05, 4.69) is 21.2 Å². The molecule has 2 aromatic rings. The van der Waals surface area contributed by atoms with Crippen LogP contribution in [-0.2, 0) is 6.54 Å². The minimum atomic E-state index is -0.528. The molecule has 1 atom stereocenters. The summed E-state index contributed by atoms with van der Waals surface area (Å²) in [4.78, 5) is 0. The number of hydrogen-bond acceptors (Lipinski definition) is 4. The van der Waals surface area contributed by atoms with Gasteiger partial charge in [-0.05, 0) is 60.0 Å². The molecule has 0 radical (unpaired) electrons. The third-order valence-electron chi connectivity index (χ3n) is 3.57. The summed E-state index contributed by atoms with van der Waals surface area (Å²) in [5, 5.41) is 13.5. The summed E-state index contributed by atoms with van der Waals surface area (Å²) >= 11 is 3.57. The average molecular weight is 408 g/mol. The number of ether oxygens (including phenoxy) is 2. The van der Waals surface area contributed by atoms with Gasteiger partial charge in [0.1, 0.15) is 0 Å². The predicted octanol–water partition coefficient (Wildman–Crippen LogP) is 4.46. The third-order valence-corrected chi connectivity index (χ3v) is 4.16. The van der Waals surface area contributed by atoms with Gasteiger partial charge >= 0.3 is 0 Å². The maximum absolute atomic E-state index is 10.2. The van der Waals surface area contributed by atoms with E-state index in [4.69, 9.17) is 9.47 Å². The summed E-state index contributed by atoms with van der Waals surface area (Å²) in [6.07, 6.45) is -0.458. The molecular weight excluding hydrogens is 382 g/mol. The highest BCUT2D eigenvalue weighted by atomic mass is 79.9. The molecule has 25 heavy (non-hydrogen) atoms. The normalized spacial score (nSPS) is 12.2. The molecule has 0 saturated carbocycles. The van der Waals surface area contributed by atoms with Crippen molar-refractivity contribution in [3.05, 3.63) is 58.1 Å². The van der Waals surface area contributed by atoms with Crippen molar-refractivity contribution < 1.29 is 14.6 Å². The molecule has 5 heteroatoms. The Morgan fingerprint density at radius 3 is 2.52 bits per heavy atom. The molecule has 0 heterocycles. The lowest BCUT2D eigenvalue weighted by molar-refractivity contribution is 0.174. The molecule has 0 spiro atoms. The lowest BCUT2D eigenvalue weighted by Crippen LogP contribution is -2.21. The quantitative estimate of drug-likeness (QED) is 0.644. The number of halogens is 1. The maximum Gasteiger partial charge on any atom is 0.175 e. The summed E-state index contributed by atoms with van der Waals surface area (Å²) in [5.74, 6) is 1.45. The third kappa shape index (κ3) is 6.03. The molecule has 4 nitrogen and oxygen atoms in total. The van der Waals surface area contributed by atoms with Crippen LogP contribution in [0.1, 0.15) is 38.0 Å². The lowest BCUT2D eigenvalue weighted by atomic mass is 10.1. The molecule has 0 saturated heterocycles. The Hall–Kier alpha value is -1.56. The van der Waals surface area contributed by atoms with Crippen LogP contribution in [0.4, 0.5) is 0 Å². The van der Waals surface area contributed by atoms with Crippen molar-refractivity contribution in [2.75, 3.05) is 13.2 Å². The van der Waals surface area contributed by atoms with Crippen LogP contribution in [0.25, 0.3) is 0 Å². The zero-order chi connectivity index (χ0) is 18.2. The van der Waals surface area contributed by atoms with Gasteiger partial charge in [0.05, 0.1) is 23.3 Å². The van der Waals surface area contributed by atoms with Crippen LogP contribution in [0.2, 0.25) is 0 Å². The average Bonchev–Trinajstić information content (AvgIpc) is 2.58. The van der Waals surface area contributed by atoms with Gasteiger partial charge in [-0.25, -0.2) is 0 Å². The van der Waals surface area contributed by atoms with Gasteiger partial charge < -0.3 is 19.9 Å². The SMILES string of the molecule is CCOc1cc(CNC[C@@H](O)c2ccccc2)cc(Br)c1OC(C)C. The van der Waals surface area contributed by atoms with Gasteiger partial charge in [-0.2, -0.15) is 0 Å². The van der Waals surface area contributed by atoms with Crippen LogP contribution in [0.3, 0.4) is 0 Å². The van der Waals surface area contributed by atoms with Crippen molar-refractivity contribution in [2.24, 2.45) is 0 Å².